The summed E-state index contributed by atoms with van der Waals surface area (Å²) in [4.78, 5) is 17.4. The first-order valence-corrected chi connectivity index (χ1v) is 11.3. The Morgan fingerprint density at radius 1 is 1.13 bits per heavy atom. The van der Waals surface area contributed by atoms with Crippen molar-refractivity contribution < 1.29 is 13.6 Å². The molecule has 0 aliphatic carbocycles. The van der Waals surface area contributed by atoms with Crippen molar-refractivity contribution in [3.8, 4) is 11.3 Å². The molecule has 2 aromatic carbocycles. The van der Waals surface area contributed by atoms with Crippen LogP contribution >= 0.6 is 34.4 Å². The molecule has 0 aliphatic rings. The van der Waals surface area contributed by atoms with Crippen LogP contribution in [0.4, 0.5) is 13.9 Å². The maximum Gasteiger partial charge on any atom is 0.236 e. The Hall–Kier alpha value is -2.89. The number of hydrogen-bond acceptors (Lipinski definition) is 7. The van der Waals surface area contributed by atoms with Crippen LogP contribution in [-0.2, 0) is 4.79 Å². The molecule has 5 rings (SSSR count). The van der Waals surface area contributed by atoms with Crippen LogP contribution < -0.4 is 5.32 Å². The summed E-state index contributed by atoms with van der Waals surface area (Å²) in [6.07, 6.45) is 0. The van der Waals surface area contributed by atoms with Crippen molar-refractivity contribution in [1.29, 1.82) is 0 Å². The Kier molecular flexibility index (Phi) is 4.93. The fraction of sp³-hybridized carbons (Fsp3) is 0.0526. The fourth-order valence-electron chi connectivity index (χ4n) is 2.85. The number of nitrogens with zero attached hydrogens (tertiary/aromatic N) is 4. The minimum Gasteiger partial charge on any atom is -0.301 e. The van der Waals surface area contributed by atoms with Gasteiger partial charge in [-0.05, 0) is 30.3 Å². The SMILES string of the molecule is O=C(CSc1nnc2sc3ccccc3n12)Nc1nc(-c2ccc(F)c(F)c2)cs1. The lowest BCUT2D eigenvalue weighted by molar-refractivity contribution is -0.113. The average Bonchev–Trinajstić information content (AvgIpc) is 3.44. The van der Waals surface area contributed by atoms with Gasteiger partial charge in [-0.1, -0.05) is 35.2 Å². The second-order valence-electron chi connectivity index (χ2n) is 6.17. The van der Waals surface area contributed by atoms with Crippen molar-refractivity contribution >= 4 is 60.7 Å². The van der Waals surface area contributed by atoms with E-state index in [1.807, 2.05) is 28.7 Å². The van der Waals surface area contributed by atoms with Gasteiger partial charge in [-0.3, -0.25) is 9.20 Å². The van der Waals surface area contributed by atoms with Crippen LogP contribution in [0.3, 0.4) is 0 Å². The molecule has 1 N–H and O–H groups in total. The summed E-state index contributed by atoms with van der Waals surface area (Å²) in [5.41, 5.74) is 1.91. The maximum atomic E-state index is 13.4. The van der Waals surface area contributed by atoms with Gasteiger partial charge in [-0.25, -0.2) is 13.8 Å². The van der Waals surface area contributed by atoms with E-state index in [0.717, 1.165) is 27.3 Å². The third-order valence-corrected chi connectivity index (χ3v) is 6.91. The Bertz CT molecular complexity index is 1390. The number of hydrogen-bond donors (Lipinski definition) is 1. The van der Waals surface area contributed by atoms with Crippen molar-refractivity contribution in [2.45, 2.75) is 5.16 Å². The molecule has 150 valence electrons. The van der Waals surface area contributed by atoms with Crippen LogP contribution in [-0.4, -0.2) is 31.2 Å². The number of benzene rings is 2. The second-order valence-corrected chi connectivity index (χ2v) is 8.98. The number of fused-ring (bicyclic) bond motifs is 3. The molecule has 0 spiro atoms. The number of carbonyl (C=O) groups is 1. The van der Waals surface area contributed by atoms with Crippen LogP contribution in [0.5, 0.6) is 0 Å². The van der Waals surface area contributed by atoms with Crippen molar-refractivity contribution in [3.63, 3.8) is 0 Å². The maximum absolute atomic E-state index is 13.4. The van der Waals surface area contributed by atoms with Gasteiger partial charge in [-0.15, -0.1) is 21.5 Å². The van der Waals surface area contributed by atoms with Crippen LogP contribution in [0.15, 0.2) is 53.0 Å². The molecule has 5 aromatic rings. The molecule has 0 saturated carbocycles. The second kappa shape index (κ2) is 7.74. The summed E-state index contributed by atoms with van der Waals surface area (Å²) >= 11 is 4.03. The minimum atomic E-state index is -0.942. The Balaban J connectivity index is 1.27. The third kappa shape index (κ3) is 3.55. The first kappa shape index (κ1) is 19.1. The van der Waals surface area contributed by atoms with Gasteiger partial charge in [0.1, 0.15) is 0 Å². The molecule has 0 saturated heterocycles. The van der Waals surface area contributed by atoms with E-state index in [4.69, 9.17) is 0 Å². The van der Waals surface area contributed by atoms with Crippen molar-refractivity contribution in [2.24, 2.45) is 0 Å². The summed E-state index contributed by atoms with van der Waals surface area (Å²) in [7, 11) is 0. The van der Waals surface area contributed by atoms with E-state index in [1.54, 1.807) is 5.38 Å². The molecule has 0 fully saturated rings. The van der Waals surface area contributed by atoms with E-state index < -0.39 is 11.6 Å². The molecule has 3 aromatic heterocycles. The normalized spacial score (nSPS) is 11.4. The largest absolute Gasteiger partial charge is 0.301 e. The van der Waals surface area contributed by atoms with Crippen LogP contribution in [0, 0.1) is 11.6 Å². The summed E-state index contributed by atoms with van der Waals surface area (Å²) < 4.78 is 29.5. The van der Waals surface area contributed by atoms with E-state index in [2.05, 4.69) is 20.5 Å². The zero-order valence-electron chi connectivity index (χ0n) is 15.0. The topological polar surface area (TPSA) is 72.2 Å². The number of thiazole rings is 2. The zero-order valence-corrected chi connectivity index (χ0v) is 17.5. The van der Waals surface area contributed by atoms with Crippen LogP contribution in [0.2, 0.25) is 0 Å². The smallest absolute Gasteiger partial charge is 0.236 e. The average molecular weight is 460 g/mol. The quantitative estimate of drug-likeness (QED) is 0.371. The number of aromatic nitrogens is 4. The molecule has 0 bridgehead atoms. The highest BCUT2D eigenvalue weighted by Crippen LogP contribution is 2.30. The van der Waals surface area contributed by atoms with Gasteiger partial charge >= 0.3 is 0 Å². The lowest BCUT2D eigenvalue weighted by atomic mass is 10.2. The monoisotopic (exact) mass is 459 g/mol. The van der Waals surface area contributed by atoms with Crippen molar-refractivity contribution in [1.82, 2.24) is 19.6 Å². The fourth-order valence-corrected chi connectivity index (χ4v) is 5.36. The molecule has 0 unspecified atom stereocenters. The Morgan fingerprint density at radius 3 is 2.87 bits per heavy atom. The highest BCUT2D eigenvalue weighted by molar-refractivity contribution is 7.99. The molecule has 0 aliphatic heterocycles. The summed E-state index contributed by atoms with van der Waals surface area (Å²) in [5.74, 6) is -1.98. The Labute approximate surface area is 180 Å². The number of thioether (sulfide) groups is 1. The predicted octanol–water partition coefficient (Wildman–Crippen LogP) is 5.08. The molecule has 1 amide bonds. The molecule has 3 heterocycles. The molecule has 0 atom stereocenters. The number of nitrogens with one attached hydrogen (secondary N) is 1. The van der Waals surface area contributed by atoms with E-state index in [0.29, 0.717) is 21.5 Å². The highest BCUT2D eigenvalue weighted by atomic mass is 32.2. The molecule has 11 heteroatoms. The molecule has 30 heavy (non-hydrogen) atoms. The molecular weight excluding hydrogens is 448 g/mol. The summed E-state index contributed by atoms with van der Waals surface area (Å²) in [5, 5.41) is 13.8. The van der Waals surface area contributed by atoms with Crippen LogP contribution in [0.1, 0.15) is 0 Å². The third-order valence-electron chi connectivity index (χ3n) is 4.21. The molecule has 0 radical (unpaired) electrons. The van der Waals surface area contributed by atoms with Gasteiger partial charge in [0.05, 0.1) is 21.7 Å². The Morgan fingerprint density at radius 2 is 2.00 bits per heavy atom. The summed E-state index contributed by atoms with van der Waals surface area (Å²) in [6.45, 7) is 0. The lowest BCUT2D eigenvalue weighted by Crippen LogP contribution is -2.14. The number of carbonyl (C=O) groups excluding carboxylic acids is 1. The molecule has 6 nitrogen and oxygen atoms in total. The first-order chi connectivity index (χ1) is 14.6. The van der Waals surface area contributed by atoms with E-state index >= 15 is 0 Å². The van der Waals surface area contributed by atoms with Gasteiger partial charge < -0.3 is 5.32 Å². The van der Waals surface area contributed by atoms with E-state index in [-0.39, 0.29) is 11.7 Å². The first-order valence-electron chi connectivity index (χ1n) is 8.65. The van der Waals surface area contributed by atoms with Gasteiger partial charge in [0.25, 0.3) is 0 Å². The number of rotatable bonds is 5. The highest BCUT2D eigenvalue weighted by Gasteiger charge is 2.15. The van der Waals surface area contributed by atoms with Crippen molar-refractivity contribution in [2.75, 3.05) is 11.1 Å². The zero-order chi connectivity index (χ0) is 20.7. The lowest BCUT2D eigenvalue weighted by Gasteiger charge is -2.01. The van der Waals surface area contributed by atoms with Gasteiger partial charge in [-0.2, -0.15) is 0 Å². The van der Waals surface area contributed by atoms with Gasteiger partial charge in [0.15, 0.2) is 21.9 Å². The van der Waals surface area contributed by atoms with Crippen molar-refractivity contribution in [3.05, 3.63) is 59.5 Å². The molecular formula is C19H11F2N5OS3. The predicted molar refractivity (Wildman–Crippen MR) is 115 cm³/mol. The number of para-hydroxylation sites is 1. The standard InChI is InChI=1S/C19H11F2N5OS3/c20-11-6-5-10(7-12(11)21)13-8-28-17(22-13)23-16(27)9-29-18-24-25-19-26(18)14-3-1-2-4-15(14)30-19/h1-8H,9H2,(H,22,23,27). The number of halogens is 2. The number of amides is 1. The summed E-state index contributed by atoms with van der Waals surface area (Å²) in [6, 6.07) is 11.5. The minimum absolute atomic E-state index is 0.130. The van der Waals surface area contributed by atoms with Crippen LogP contribution in [0.25, 0.3) is 26.4 Å². The number of anilines is 1. The van der Waals surface area contributed by atoms with Gasteiger partial charge in [0.2, 0.25) is 10.9 Å². The van der Waals surface area contributed by atoms with Gasteiger partial charge in [0, 0.05) is 10.9 Å². The van der Waals surface area contributed by atoms with E-state index in [1.165, 1.54) is 40.5 Å². The van der Waals surface area contributed by atoms with E-state index in [9.17, 15) is 13.6 Å².